The summed E-state index contributed by atoms with van der Waals surface area (Å²) < 4.78 is 13.0. The molecule has 0 saturated carbocycles. The van der Waals surface area contributed by atoms with Gasteiger partial charge in [0.2, 0.25) is 0 Å². The highest BCUT2D eigenvalue weighted by molar-refractivity contribution is 5.70. The summed E-state index contributed by atoms with van der Waals surface area (Å²) in [6.07, 6.45) is 6.75. The van der Waals surface area contributed by atoms with E-state index in [1.165, 1.54) is 54.5 Å². The lowest BCUT2D eigenvalue weighted by molar-refractivity contribution is 0.627. The first-order valence-corrected chi connectivity index (χ1v) is 8.79. The van der Waals surface area contributed by atoms with Crippen LogP contribution in [0.25, 0.3) is 11.1 Å². The molecule has 0 heterocycles. The van der Waals surface area contributed by atoms with Gasteiger partial charge in [0.25, 0.3) is 0 Å². The van der Waals surface area contributed by atoms with Crippen molar-refractivity contribution in [2.24, 2.45) is 0 Å². The van der Waals surface area contributed by atoms with E-state index in [2.05, 4.69) is 32.2 Å². The fraction of sp³-hybridized carbons (Fsp3) is 0.304. The molecule has 0 bridgehead atoms. The molecule has 0 radical (unpaired) electrons. The molecule has 1 heteroatoms. The van der Waals surface area contributed by atoms with Gasteiger partial charge in [-0.3, -0.25) is 0 Å². The van der Waals surface area contributed by atoms with Gasteiger partial charge in [0.15, 0.2) is 0 Å². The summed E-state index contributed by atoms with van der Waals surface area (Å²) >= 11 is 0. The summed E-state index contributed by atoms with van der Waals surface area (Å²) in [6, 6.07) is 11.2. The van der Waals surface area contributed by atoms with Crippen LogP contribution in [0.15, 0.2) is 49.6 Å². The van der Waals surface area contributed by atoms with Gasteiger partial charge in [-0.05, 0) is 96.5 Å². The van der Waals surface area contributed by atoms with Crippen molar-refractivity contribution in [3.63, 3.8) is 0 Å². The van der Waals surface area contributed by atoms with Crippen LogP contribution in [0.4, 0.5) is 4.39 Å². The molecule has 0 atom stereocenters. The number of aryl methyl sites for hydroxylation is 2. The molecule has 0 fully saturated rings. The fourth-order valence-electron chi connectivity index (χ4n) is 3.57. The van der Waals surface area contributed by atoms with Crippen LogP contribution in [0, 0.1) is 12.7 Å². The topological polar surface area (TPSA) is 0 Å². The van der Waals surface area contributed by atoms with Crippen molar-refractivity contribution in [1.29, 1.82) is 0 Å². The molecular weight excluding hydrogens is 295 g/mol. The van der Waals surface area contributed by atoms with Crippen molar-refractivity contribution < 1.29 is 4.39 Å². The Kier molecular flexibility index (Phi) is 4.99. The van der Waals surface area contributed by atoms with Gasteiger partial charge in [-0.15, -0.1) is 0 Å². The van der Waals surface area contributed by atoms with Crippen molar-refractivity contribution >= 4 is 11.1 Å². The van der Waals surface area contributed by atoms with E-state index in [0.29, 0.717) is 0 Å². The van der Waals surface area contributed by atoms with E-state index in [-0.39, 0.29) is 5.82 Å². The minimum Gasteiger partial charge on any atom is -0.207 e. The van der Waals surface area contributed by atoms with E-state index in [4.69, 9.17) is 0 Å². The minimum atomic E-state index is -0.208. The third-order valence-electron chi connectivity index (χ3n) is 5.08. The van der Waals surface area contributed by atoms with Crippen LogP contribution in [0.1, 0.15) is 53.5 Å². The second-order valence-corrected chi connectivity index (χ2v) is 6.85. The molecule has 1 aliphatic rings. The summed E-state index contributed by atoms with van der Waals surface area (Å²) in [5.41, 5.74) is 8.93. The Bertz CT molecular complexity index is 765. The van der Waals surface area contributed by atoms with E-state index in [1.807, 2.05) is 0 Å². The molecule has 24 heavy (non-hydrogen) atoms. The number of fused-ring (bicyclic) bond motifs is 1. The van der Waals surface area contributed by atoms with Crippen molar-refractivity contribution in [3.05, 3.63) is 83.2 Å². The van der Waals surface area contributed by atoms with Crippen LogP contribution < -0.4 is 0 Å². The highest BCUT2D eigenvalue weighted by Crippen LogP contribution is 2.30. The zero-order valence-corrected chi connectivity index (χ0v) is 14.5. The first kappa shape index (κ1) is 16.7. The molecule has 3 rings (SSSR count). The second kappa shape index (κ2) is 7.17. The third kappa shape index (κ3) is 3.67. The van der Waals surface area contributed by atoms with Crippen LogP contribution in [0.3, 0.4) is 0 Å². The Morgan fingerprint density at radius 2 is 1.54 bits per heavy atom. The van der Waals surface area contributed by atoms with E-state index in [1.54, 1.807) is 17.7 Å². The van der Waals surface area contributed by atoms with Gasteiger partial charge in [0.1, 0.15) is 5.82 Å². The van der Waals surface area contributed by atoms with E-state index in [9.17, 15) is 4.39 Å². The smallest absolute Gasteiger partial charge is 0.123 e. The average Bonchev–Trinajstić information content (AvgIpc) is 2.60. The number of hydrogen-bond acceptors (Lipinski definition) is 0. The van der Waals surface area contributed by atoms with Crippen molar-refractivity contribution in [2.75, 3.05) is 0 Å². The van der Waals surface area contributed by atoms with Crippen LogP contribution >= 0.6 is 0 Å². The molecule has 0 nitrogen and oxygen atoms in total. The number of hydrogen-bond donors (Lipinski definition) is 0. The Labute approximate surface area is 144 Å². The molecule has 0 amide bonds. The molecule has 0 unspecified atom stereocenters. The predicted molar refractivity (Wildman–Crippen MR) is 102 cm³/mol. The molecule has 1 aliphatic carbocycles. The van der Waals surface area contributed by atoms with Gasteiger partial charge in [-0.2, -0.15) is 0 Å². The lowest BCUT2D eigenvalue weighted by Gasteiger charge is -2.20. The number of rotatable bonds is 5. The van der Waals surface area contributed by atoms with E-state index >= 15 is 0 Å². The summed E-state index contributed by atoms with van der Waals surface area (Å²) in [5.74, 6) is -0.208. The molecular formula is C23H25F. The SMILES string of the molecule is C=C(CCC(=C)c1cc(C)c2c(c1)CCCC2)c1ccc(F)cc1. The van der Waals surface area contributed by atoms with Crippen LogP contribution in [-0.4, -0.2) is 0 Å². The Balaban J connectivity index is 1.68. The highest BCUT2D eigenvalue weighted by atomic mass is 19.1. The van der Waals surface area contributed by atoms with E-state index in [0.717, 1.165) is 29.6 Å². The molecule has 0 spiro atoms. The first-order valence-electron chi connectivity index (χ1n) is 8.79. The van der Waals surface area contributed by atoms with Gasteiger partial charge in [-0.25, -0.2) is 4.39 Å². The Hall–Kier alpha value is -2.15. The quantitative estimate of drug-likeness (QED) is 0.588. The normalized spacial score (nSPS) is 13.4. The predicted octanol–water partition coefficient (Wildman–Crippen LogP) is 6.52. The zero-order valence-electron chi connectivity index (χ0n) is 14.5. The summed E-state index contributed by atoms with van der Waals surface area (Å²) in [6.45, 7) is 10.7. The maximum atomic E-state index is 13.0. The molecule has 2 aromatic rings. The van der Waals surface area contributed by atoms with Gasteiger partial charge in [-0.1, -0.05) is 37.4 Å². The zero-order chi connectivity index (χ0) is 17.1. The Morgan fingerprint density at radius 1 is 0.917 bits per heavy atom. The van der Waals surface area contributed by atoms with Gasteiger partial charge in [0, 0.05) is 0 Å². The molecule has 2 aromatic carbocycles. The standard InChI is InChI=1S/C23H25F/c1-16(19-10-12-22(24)13-11-19)8-9-17(2)21-14-18(3)23-7-5-4-6-20(23)15-21/h10-15H,1-2,4-9H2,3H3. The maximum Gasteiger partial charge on any atom is 0.123 e. The summed E-state index contributed by atoms with van der Waals surface area (Å²) in [4.78, 5) is 0. The van der Waals surface area contributed by atoms with Crippen LogP contribution in [0.5, 0.6) is 0 Å². The molecule has 0 N–H and O–H groups in total. The van der Waals surface area contributed by atoms with Crippen molar-refractivity contribution in [2.45, 2.75) is 45.4 Å². The monoisotopic (exact) mass is 320 g/mol. The average molecular weight is 320 g/mol. The molecule has 124 valence electrons. The second-order valence-electron chi connectivity index (χ2n) is 6.85. The van der Waals surface area contributed by atoms with E-state index < -0.39 is 0 Å². The fourth-order valence-corrected chi connectivity index (χ4v) is 3.57. The minimum absolute atomic E-state index is 0.208. The van der Waals surface area contributed by atoms with Gasteiger partial charge < -0.3 is 0 Å². The largest absolute Gasteiger partial charge is 0.207 e. The van der Waals surface area contributed by atoms with Gasteiger partial charge in [0.05, 0.1) is 0 Å². The molecule has 0 saturated heterocycles. The summed E-state index contributed by atoms with van der Waals surface area (Å²) in [5, 5.41) is 0. The maximum absolute atomic E-state index is 13.0. The molecule has 0 aromatic heterocycles. The third-order valence-corrected chi connectivity index (χ3v) is 5.08. The van der Waals surface area contributed by atoms with Crippen LogP contribution in [0.2, 0.25) is 0 Å². The Morgan fingerprint density at radius 3 is 2.25 bits per heavy atom. The summed E-state index contributed by atoms with van der Waals surface area (Å²) in [7, 11) is 0. The lowest BCUT2D eigenvalue weighted by Crippen LogP contribution is -2.05. The lowest BCUT2D eigenvalue weighted by atomic mass is 9.85. The van der Waals surface area contributed by atoms with Crippen molar-refractivity contribution in [3.8, 4) is 0 Å². The van der Waals surface area contributed by atoms with Crippen LogP contribution in [-0.2, 0) is 12.8 Å². The number of halogens is 1. The van der Waals surface area contributed by atoms with Crippen molar-refractivity contribution in [1.82, 2.24) is 0 Å². The highest BCUT2D eigenvalue weighted by Gasteiger charge is 2.13. The molecule has 0 aliphatic heterocycles. The number of benzene rings is 2. The first-order chi connectivity index (χ1) is 11.5. The number of allylic oxidation sites excluding steroid dienone is 2. The van der Waals surface area contributed by atoms with Gasteiger partial charge >= 0.3 is 0 Å².